The average Bonchev–Trinajstić information content (AvgIpc) is 2.50. The van der Waals surface area contributed by atoms with E-state index < -0.39 is 0 Å². The largest absolute Gasteiger partial charge is 0.356 e. The summed E-state index contributed by atoms with van der Waals surface area (Å²) >= 11 is 0. The van der Waals surface area contributed by atoms with Crippen LogP contribution in [0.25, 0.3) is 0 Å². The summed E-state index contributed by atoms with van der Waals surface area (Å²) in [4.78, 5) is 17.7. The fraction of sp³-hybridized carbons (Fsp3) is 0.579. The predicted octanol–water partition coefficient (Wildman–Crippen LogP) is 2.89. The average molecular weight is 460 g/mol. The molecule has 1 aromatic carbocycles. The van der Waals surface area contributed by atoms with Crippen LogP contribution in [0, 0.1) is 13.8 Å². The van der Waals surface area contributed by atoms with Crippen molar-refractivity contribution in [3.05, 3.63) is 34.9 Å². The summed E-state index contributed by atoms with van der Waals surface area (Å²) in [6.45, 7) is 8.21. The number of rotatable bonds is 8. The fourth-order valence-electron chi connectivity index (χ4n) is 2.38. The first-order valence-electron chi connectivity index (χ1n) is 8.72. The first kappa shape index (κ1) is 23.7. The second kappa shape index (κ2) is 13.0. The molecule has 0 atom stereocenters. The van der Waals surface area contributed by atoms with Crippen molar-refractivity contribution < 1.29 is 4.79 Å². The summed E-state index contributed by atoms with van der Waals surface area (Å²) in [6.07, 6.45) is 3.14. The number of carbonyl (C=O) groups is 1. The molecule has 0 saturated heterocycles. The molecule has 6 heteroatoms. The highest BCUT2D eigenvalue weighted by molar-refractivity contribution is 14.0. The molecule has 0 heterocycles. The highest BCUT2D eigenvalue weighted by Crippen LogP contribution is 2.08. The number of nitrogens with one attached hydrogen (secondary N) is 2. The summed E-state index contributed by atoms with van der Waals surface area (Å²) in [7, 11) is 3.49. The van der Waals surface area contributed by atoms with Crippen LogP contribution in [-0.4, -0.2) is 50.5 Å². The Balaban J connectivity index is 0.00000576. The molecule has 1 aromatic rings. The number of guanidine groups is 1. The van der Waals surface area contributed by atoms with Crippen molar-refractivity contribution >= 4 is 35.8 Å². The predicted molar refractivity (Wildman–Crippen MR) is 117 cm³/mol. The van der Waals surface area contributed by atoms with Crippen LogP contribution in [0.5, 0.6) is 0 Å². The minimum absolute atomic E-state index is 0. The van der Waals surface area contributed by atoms with E-state index in [1.54, 1.807) is 19.0 Å². The molecule has 0 saturated carbocycles. The molecule has 0 unspecified atom stereocenters. The molecule has 0 aliphatic rings. The Hall–Kier alpha value is -1.31. The normalized spacial score (nSPS) is 10.8. The molecule has 0 radical (unpaired) electrons. The summed E-state index contributed by atoms with van der Waals surface area (Å²) in [6, 6.07) is 6.61. The molecule has 0 aliphatic heterocycles. The van der Waals surface area contributed by atoms with Crippen LogP contribution in [0.2, 0.25) is 0 Å². The van der Waals surface area contributed by atoms with Gasteiger partial charge in [-0.15, -0.1) is 24.0 Å². The van der Waals surface area contributed by atoms with Crippen LogP contribution in [-0.2, 0) is 11.2 Å². The summed E-state index contributed by atoms with van der Waals surface area (Å²) in [5, 5.41) is 6.62. The Labute approximate surface area is 169 Å². The number of aliphatic imine (C=N–C) groups is 1. The zero-order valence-electron chi connectivity index (χ0n) is 16.2. The van der Waals surface area contributed by atoms with Gasteiger partial charge < -0.3 is 15.5 Å². The third kappa shape index (κ3) is 10.3. The van der Waals surface area contributed by atoms with E-state index in [1.807, 2.05) is 0 Å². The maximum absolute atomic E-state index is 11.7. The molecule has 25 heavy (non-hydrogen) atoms. The Kier molecular flexibility index (Phi) is 12.3. The van der Waals surface area contributed by atoms with Crippen molar-refractivity contribution in [1.29, 1.82) is 0 Å². The second-order valence-corrected chi connectivity index (χ2v) is 6.41. The lowest BCUT2D eigenvalue weighted by Gasteiger charge is -2.14. The highest BCUT2D eigenvalue weighted by atomic mass is 127. The third-order valence-corrected chi connectivity index (χ3v) is 3.68. The first-order chi connectivity index (χ1) is 11.4. The summed E-state index contributed by atoms with van der Waals surface area (Å²) in [5.41, 5.74) is 3.89. The molecule has 5 nitrogen and oxygen atoms in total. The zero-order chi connectivity index (χ0) is 17.9. The molecule has 1 rings (SSSR count). The Morgan fingerprint density at radius 3 is 2.24 bits per heavy atom. The van der Waals surface area contributed by atoms with Gasteiger partial charge in [-0.3, -0.25) is 4.79 Å². The number of benzene rings is 1. The number of hydrogen-bond acceptors (Lipinski definition) is 2. The number of halogens is 1. The maximum Gasteiger partial charge on any atom is 0.243 e. The van der Waals surface area contributed by atoms with E-state index in [4.69, 9.17) is 0 Å². The van der Waals surface area contributed by atoms with Crippen LogP contribution < -0.4 is 10.6 Å². The standard InChI is InChI=1S/C19H32N4O.HI/c1-6-7-9-20-19(22-14-18(24)23(4)5)21-10-8-17-12-15(2)11-16(3)13-17;/h11-13H,6-10,14H2,1-5H3,(H2,20,21,22);1H. The Bertz CT molecular complexity index is 538. The van der Waals surface area contributed by atoms with Gasteiger partial charge in [0.05, 0.1) is 0 Å². The zero-order valence-corrected chi connectivity index (χ0v) is 18.5. The number of hydrogen-bond donors (Lipinski definition) is 2. The number of nitrogens with zero attached hydrogens (tertiary/aromatic N) is 2. The summed E-state index contributed by atoms with van der Waals surface area (Å²) < 4.78 is 0. The minimum atomic E-state index is 0. The SMILES string of the molecule is CCCCNC(=NCC(=O)N(C)C)NCCc1cc(C)cc(C)c1.I. The second-order valence-electron chi connectivity index (χ2n) is 6.41. The first-order valence-corrected chi connectivity index (χ1v) is 8.72. The van der Waals surface area contributed by atoms with Gasteiger partial charge in [-0.2, -0.15) is 0 Å². The topological polar surface area (TPSA) is 56.7 Å². The van der Waals surface area contributed by atoms with Gasteiger partial charge in [0.2, 0.25) is 5.91 Å². The van der Waals surface area contributed by atoms with Crippen molar-refractivity contribution in [1.82, 2.24) is 15.5 Å². The Morgan fingerprint density at radius 1 is 1.08 bits per heavy atom. The van der Waals surface area contributed by atoms with Gasteiger partial charge in [-0.05, 0) is 32.3 Å². The number of amides is 1. The lowest BCUT2D eigenvalue weighted by molar-refractivity contribution is -0.127. The molecule has 1 amide bonds. The number of carbonyl (C=O) groups excluding carboxylic acids is 1. The third-order valence-electron chi connectivity index (χ3n) is 3.68. The van der Waals surface area contributed by atoms with Crippen molar-refractivity contribution in [3.8, 4) is 0 Å². The Morgan fingerprint density at radius 2 is 1.68 bits per heavy atom. The van der Waals surface area contributed by atoms with Crippen LogP contribution >= 0.6 is 24.0 Å². The molecule has 0 aromatic heterocycles. The van der Waals surface area contributed by atoms with Crippen LogP contribution in [0.3, 0.4) is 0 Å². The maximum atomic E-state index is 11.7. The van der Waals surface area contributed by atoms with Crippen LogP contribution in [0.15, 0.2) is 23.2 Å². The molecular weight excluding hydrogens is 427 g/mol. The minimum Gasteiger partial charge on any atom is -0.356 e. The van der Waals surface area contributed by atoms with Gasteiger partial charge in [0.25, 0.3) is 0 Å². The van der Waals surface area contributed by atoms with E-state index in [1.165, 1.54) is 16.7 Å². The molecule has 0 aliphatic carbocycles. The molecule has 0 spiro atoms. The van der Waals surface area contributed by atoms with E-state index in [2.05, 4.69) is 54.6 Å². The van der Waals surface area contributed by atoms with E-state index in [9.17, 15) is 4.79 Å². The van der Waals surface area contributed by atoms with Crippen molar-refractivity contribution in [2.75, 3.05) is 33.7 Å². The fourth-order valence-corrected chi connectivity index (χ4v) is 2.38. The monoisotopic (exact) mass is 460 g/mol. The van der Waals surface area contributed by atoms with E-state index >= 15 is 0 Å². The highest BCUT2D eigenvalue weighted by Gasteiger charge is 2.04. The van der Waals surface area contributed by atoms with Crippen LogP contribution in [0.4, 0.5) is 0 Å². The van der Waals surface area contributed by atoms with Gasteiger partial charge in [0.1, 0.15) is 6.54 Å². The van der Waals surface area contributed by atoms with Crippen LogP contribution in [0.1, 0.15) is 36.5 Å². The van der Waals surface area contributed by atoms with Gasteiger partial charge in [0.15, 0.2) is 5.96 Å². The smallest absolute Gasteiger partial charge is 0.243 e. The lowest BCUT2D eigenvalue weighted by atomic mass is 10.1. The van der Waals surface area contributed by atoms with Crippen molar-refractivity contribution in [2.24, 2.45) is 4.99 Å². The van der Waals surface area contributed by atoms with Crippen molar-refractivity contribution in [3.63, 3.8) is 0 Å². The van der Waals surface area contributed by atoms with Crippen molar-refractivity contribution in [2.45, 2.75) is 40.0 Å². The summed E-state index contributed by atoms with van der Waals surface area (Å²) in [5.74, 6) is 0.712. The quantitative estimate of drug-likeness (QED) is 0.272. The van der Waals surface area contributed by atoms with Gasteiger partial charge >= 0.3 is 0 Å². The molecular formula is C19H33IN4O. The number of aryl methyl sites for hydroxylation is 2. The molecule has 0 bridgehead atoms. The number of unbranched alkanes of at least 4 members (excludes halogenated alkanes) is 1. The van der Waals surface area contributed by atoms with E-state index in [0.29, 0.717) is 5.96 Å². The van der Waals surface area contributed by atoms with E-state index in [0.717, 1.165) is 32.4 Å². The van der Waals surface area contributed by atoms with E-state index in [-0.39, 0.29) is 36.4 Å². The van der Waals surface area contributed by atoms with Gasteiger partial charge in [-0.1, -0.05) is 42.7 Å². The molecule has 142 valence electrons. The van der Waals surface area contributed by atoms with Gasteiger partial charge in [0, 0.05) is 27.2 Å². The molecule has 0 fully saturated rings. The molecule has 2 N–H and O–H groups in total. The van der Waals surface area contributed by atoms with Gasteiger partial charge in [-0.25, -0.2) is 4.99 Å². The number of likely N-dealkylation sites (N-methyl/N-ethyl adjacent to an activating group) is 1. The lowest BCUT2D eigenvalue weighted by Crippen LogP contribution is -2.40.